The molecule has 160 valence electrons. The van der Waals surface area contributed by atoms with E-state index in [1.165, 1.54) is 0 Å². The number of aromatic nitrogens is 4. The second-order valence-corrected chi connectivity index (χ2v) is 7.87. The third-order valence-electron chi connectivity index (χ3n) is 4.89. The number of hydrogen-bond donors (Lipinski definition) is 4. The zero-order valence-corrected chi connectivity index (χ0v) is 18.1. The van der Waals surface area contributed by atoms with E-state index in [1.54, 1.807) is 12.1 Å². The monoisotopic (exact) mass is 444 g/mol. The predicted molar refractivity (Wildman–Crippen MR) is 128 cm³/mol. The number of nitrogens with one attached hydrogen (secondary N) is 4. The molecule has 3 aromatic carbocycles. The Morgan fingerprint density at radius 1 is 0.938 bits per heavy atom. The van der Waals surface area contributed by atoms with E-state index in [0.29, 0.717) is 17.5 Å². The van der Waals surface area contributed by atoms with Crippen molar-refractivity contribution in [2.45, 2.75) is 13.5 Å². The van der Waals surface area contributed by atoms with E-state index in [9.17, 15) is 0 Å². The van der Waals surface area contributed by atoms with Gasteiger partial charge >= 0.3 is 0 Å². The van der Waals surface area contributed by atoms with Gasteiger partial charge in [0.25, 0.3) is 0 Å². The summed E-state index contributed by atoms with van der Waals surface area (Å²) >= 11 is 5.91. The molecule has 0 amide bonds. The van der Waals surface area contributed by atoms with E-state index in [4.69, 9.17) is 16.3 Å². The molecule has 0 aliphatic heterocycles. The van der Waals surface area contributed by atoms with Gasteiger partial charge in [0, 0.05) is 29.0 Å². The first kappa shape index (κ1) is 20.0. The number of hydrogen-bond acceptors (Lipinski definition) is 5. The molecule has 0 saturated heterocycles. The number of ether oxygens (including phenoxy) is 1. The van der Waals surface area contributed by atoms with Crippen LogP contribution in [0.25, 0.3) is 11.0 Å². The molecule has 2 heterocycles. The lowest BCUT2D eigenvalue weighted by Gasteiger charge is -2.07. The van der Waals surface area contributed by atoms with Crippen molar-refractivity contribution in [1.29, 1.82) is 0 Å². The van der Waals surface area contributed by atoms with E-state index in [0.717, 1.165) is 45.3 Å². The van der Waals surface area contributed by atoms with Gasteiger partial charge in [-0.05, 0) is 67.1 Å². The van der Waals surface area contributed by atoms with Crippen molar-refractivity contribution in [1.82, 2.24) is 20.2 Å². The Bertz CT molecular complexity index is 1340. The van der Waals surface area contributed by atoms with Crippen molar-refractivity contribution in [2.75, 3.05) is 10.6 Å². The summed E-state index contributed by atoms with van der Waals surface area (Å²) < 4.78 is 5.84. The fraction of sp³-hybridized carbons (Fsp3) is 0.0833. The number of aryl methyl sites for hydroxylation is 1. The highest BCUT2D eigenvalue weighted by atomic mass is 35.5. The fourth-order valence-electron chi connectivity index (χ4n) is 3.30. The van der Waals surface area contributed by atoms with Gasteiger partial charge < -0.3 is 20.4 Å². The summed E-state index contributed by atoms with van der Waals surface area (Å²) in [5.41, 5.74) is 4.89. The summed E-state index contributed by atoms with van der Waals surface area (Å²) in [5.74, 6) is 3.02. The minimum absolute atomic E-state index is 0.638. The minimum Gasteiger partial charge on any atom is -0.457 e. The lowest BCUT2D eigenvalue weighted by atomic mass is 10.2. The van der Waals surface area contributed by atoms with Crippen molar-refractivity contribution in [3.63, 3.8) is 0 Å². The molecule has 8 heteroatoms. The lowest BCUT2D eigenvalue weighted by Crippen LogP contribution is -2.00. The van der Waals surface area contributed by atoms with Crippen LogP contribution in [0.1, 0.15) is 11.3 Å². The Morgan fingerprint density at radius 2 is 1.69 bits per heavy atom. The van der Waals surface area contributed by atoms with Crippen LogP contribution in [0.4, 0.5) is 17.5 Å². The van der Waals surface area contributed by atoms with Gasteiger partial charge in [0.05, 0.1) is 11.0 Å². The smallest absolute Gasteiger partial charge is 0.201 e. The average Bonchev–Trinajstić information content (AvgIpc) is 3.40. The molecule has 0 saturated carbocycles. The van der Waals surface area contributed by atoms with Crippen LogP contribution in [0.3, 0.4) is 0 Å². The van der Waals surface area contributed by atoms with Gasteiger partial charge in [-0.2, -0.15) is 5.10 Å². The van der Waals surface area contributed by atoms with E-state index in [-0.39, 0.29) is 0 Å². The molecule has 32 heavy (non-hydrogen) atoms. The van der Waals surface area contributed by atoms with Crippen LogP contribution >= 0.6 is 11.6 Å². The molecular formula is C24H21ClN6O. The SMILES string of the molecule is Cc1cc(Nc2ccc3nc(NCc4ccc(Oc5ccc(Cl)cc5)cc4)[nH]c3c2)n[nH]1. The summed E-state index contributed by atoms with van der Waals surface area (Å²) in [6.07, 6.45) is 0. The number of fused-ring (bicyclic) bond motifs is 1. The lowest BCUT2D eigenvalue weighted by molar-refractivity contribution is 0.482. The van der Waals surface area contributed by atoms with Crippen molar-refractivity contribution < 1.29 is 4.74 Å². The Kier molecular flexibility index (Phi) is 5.39. The topological polar surface area (TPSA) is 90.7 Å². The summed E-state index contributed by atoms with van der Waals surface area (Å²) in [4.78, 5) is 7.93. The van der Waals surface area contributed by atoms with Crippen LogP contribution in [0.15, 0.2) is 72.8 Å². The zero-order valence-electron chi connectivity index (χ0n) is 17.3. The molecule has 0 radical (unpaired) electrons. The summed E-state index contributed by atoms with van der Waals surface area (Å²) in [6, 6.07) is 23.2. The number of anilines is 3. The highest BCUT2D eigenvalue weighted by molar-refractivity contribution is 6.30. The third kappa shape index (κ3) is 4.68. The number of benzene rings is 3. The molecule has 0 aliphatic rings. The summed E-state index contributed by atoms with van der Waals surface area (Å²) in [5, 5.41) is 14.4. The predicted octanol–water partition coefficient (Wildman–Crippen LogP) is 6.40. The Labute approximate surface area is 189 Å². The van der Waals surface area contributed by atoms with E-state index < -0.39 is 0 Å². The van der Waals surface area contributed by atoms with Crippen LogP contribution in [0.2, 0.25) is 5.02 Å². The fourth-order valence-corrected chi connectivity index (χ4v) is 3.43. The molecule has 0 aliphatic carbocycles. The second-order valence-electron chi connectivity index (χ2n) is 7.43. The molecule has 0 fully saturated rings. The number of imidazole rings is 1. The van der Waals surface area contributed by atoms with Gasteiger partial charge in [-0.25, -0.2) is 4.98 Å². The largest absolute Gasteiger partial charge is 0.457 e. The molecule has 5 aromatic rings. The zero-order chi connectivity index (χ0) is 21.9. The van der Waals surface area contributed by atoms with E-state index in [1.807, 2.05) is 67.6 Å². The molecule has 0 unspecified atom stereocenters. The Morgan fingerprint density at radius 3 is 2.41 bits per heavy atom. The minimum atomic E-state index is 0.638. The maximum Gasteiger partial charge on any atom is 0.201 e. The van der Waals surface area contributed by atoms with E-state index >= 15 is 0 Å². The molecule has 5 rings (SSSR count). The molecule has 4 N–H and O–H groups in total. The van der Waals surface area contributed by atoms with Gasteiger partial charge in [-0.3, -0.25) is 5.10 Å². The first-order valence-corrected chi connectivity index (χ1v) is 10.5. The average molecular weight is 445 g/mol. The Balaban J connectivity index is 1.21. The van der Waals surface area contributed by atoms with Crippen molar-refractivity contribution in [3.8, 4) is 11.5 Å². The van der Waals surface area contributed by atoms with Crippen LogP contribution in [0, 0.1) is 6.92 Å². The number of aromatic amines is 2. The standard InChI is InChI=1S/C24H21ClN6O/c1-15-12-23(31-30-15)27-18-6-11-21-22(13-18)29-24(28-21)26-14-16-2-7-19(8-3-16)32-20-9-4-17(25)5-10-20/h2-13H,14H2,1H3,(H2,26,28,29)(H2,27,30,31). The number of H-pyrrole nitrogens is 2. The van der Waals surface area contributed by atoms with Crippen LogP contribution in [-0.4, -0.2) is 20.2 Å². The Hall–Kier alpha value is -3.97. The first-order valence-electron chi connectivity index (χ1n) is 10.2. The second kappa shape index (κ2) is 8.64. The molecule has 2 aromatic heterocycles. The van der Waals surface area contributed by atoms with E-state index in [2.05, 4.69) is 30.8 Å². The number of halogens is 1. The number of nitrogens with zero attached hydrogens (tertiary/aromatic N) is 2. The van der Waals surface area contributed by atoms with Gasteiger partial charge in [-0.15, -0.1) is 0 Å². The van der Waals surface area contributed by atoms with Crippen LogP contribution in [0.5, 0.6) is 11.5 Å². The highest BCUT2D eigenvalue weighted by Crippen LogP contribution is 2.24. The van der Waals surface area contributed by atoms with Crippen LogP contribution < -0.4 is 15.4 Å². The molecule has 0 spiro atoms. The summed E-state index contributed by atoms with van der Waals surface area (Å²) in [6.45, 7) is 2.60. The van der Waals surface area contributed by atoms with Gasteiger partial charge in [0.15, 0.2) is 5.82 Å². The van der Waals surface area contributed by atoms with Crippen LogP contribution in [-0.2, 0) is 6.54 Å². The first-order chi connectivity index (χ1) is 15.6. The van der Waals surface area contributed by atoms with Gasteiger partial charge in [0.1, 0.15) is 11.5 Å². The molecule has 0 bridgehead atoms. The maximum atomic E-state index is 5.91. The van der Waals surface area contributed by atoms with Crippen molar-refractivity contribution in [2.24, 2.45) is 0 Å². The highest BCUT2D eigenvalue weighted by Gasteiger charge is 2.06. The maximum absolute atomic E-state index is 5.91. The molecule has 7 nitrogen and oxygen atoms in total. The van der Waals surface area contributed by atoms with Crippen molar-refractivity contribution >= 4 is 40.1 Å². The van der Waals surface area contributed by atoms with Gasteiger partial charge in [0.2, 0.25) is 5.95 Å². The van der Waals surface area contributed by atoms with Crippen molar-refractivity contribution in [3.05, 3.63) is 89.1 Å². The van der Waals surface area contributed by atoms with Gasteiger partial charge in [-0.1, -0.05) is 23.7 Å². The number of rotatable bonds is 7. The third-order valence-corrected chi connectivity index (χ3v) is 5.14. The molecule has 0 atom stereocenters. The quantitative estimate of drug-likeness (QED) is 0.233. The molecular weight excluding hydrogens is 424 g/mol. The normalized spacial score (nSPS) is 10.9. The summed E-state index contributed by atoms with van der Waals surface area (Å²) in [7, 11) is 0.